The molecule has 0 aliphatic carbocycles. The highest BCUT2D eigenvalue weighted by molar-refractivity contribution is 5.23. The molecule has 0 unspecified atom stereocenters. The van der Waals surface area contributed by atoms with E-state index in [9.17, 15) is 0 Å². The Morgan fingerprint density at radius 2 is 2.04 bits per heavy atom. The number of aromatic nitrogens is 6. The second-order valence-corrected chi connectivity index (χ2v) is 6.60. The SMILES string of the molecule is CN(C)[C@@H]1CN(Cc2ccnn2-c2ccccn2)C[C@@H]1n1ccnn1. The highest BCUT2D eigenvalue weighted by atomic mass is 15.5. The smallest absolute Gasteiger partial charge is 0.153 e. The minimum absolute atomic E-state index is 0.295. The van der Waals surface area contributed by atoms with E-state index in [1.165, 1.54) is 0 Å². The lowest BCUT2D eigenvalue weighted by atomic mass is 10.1. The first-order chi connectivity index (χ1) is 12.2. The minimum Gasteiger partial charge on any atom is -0.303 e. The molecule has 1 fully saturated rings. The maximum absolute atomic E-state index is 4.44. The van der Waals surface area contributed by atoms with Gasteiger partial charge in [-0.25, -0.2) is 14.3 Å². The van der Waals surface area contributed by atoms with Crippen molar-refractivity contribution in [3.8, 4) is 5.82 Å². The first-order valence-corrected chi connectivity index (χ1v) is 8.41. The summed E-state index contributed by atoms with van der Waals surface area (Å²) >= 11 is 0. The Kier molecular flexibility index (Phi) is 4.29. The summed E-state index contributed by atoms with van der Waals surface area (Å²) in [5.74, 6) is 0.846. The van der Waals surface area contributed by atoms with Crippen LogP contribution in [0.15, 0.2) is 49.1 Å². The maximum atomic E-state index is 4.44. The number of pyridine rings is 1. The van der Waals surface area contributed by atoms with Gasteiger partial charge >= 0.3 is 0 Å². The van der Waals surface area contributed by atoms with Crippen molar-refractivity contribution in [1.82, 2.24) is 39.6 Å². The molecular formula is C17H22N8. The fraction of sp³-hybridized carbons (Fsp3) is 0.412. The zero-order valence-electron chi connectivity index (χ0n) is 14.5. The largest absolute Gasteiger partial charge is 0.303 e. The van der Waals surface area contributed by atoms with E-state index in [0.717, 1.165) is 31.1 Å². The summed E-state index contributed by atoms with van der Waals surface area (Å²) in [5.41, 5.74) is 1.13. The molecule has 0 N–H and O–H groups in total. The molecule has 4 heterocycles. The minimum atomic E-state index is 0.295. The Balaban J connectivity index is 1.54. The van der Waals surface area contributed by atoms with E-state index in [1.54, 1.807) is 12.4 Å². The summed E-state index contributed by atoms with van der Waals surface area (Å²) in [5, 5.41) is 12.6. The van der Waals surface area contributed by atoms with E-state index in [4.69, 9.17) is 0 Å². The molecule has 0 spiro atoms. The molecule has 1 saturated heterocycles. The van der Waals surface area contributed by atoms with Crippen LogP contribution in [0.2, 0.25) is 0 Å². The molecule has 1 aliphatic heterocycles. The Labute approximate surface area is 146 Å². The lowest BCUT2D eigenvalue weighted by molar-refractivity contribution is 0.237. The molecule has 1 aliphatic rings. The third-order valence-electron chi connectivity index (χ3n) is 4.75. The van der Waals surface area contributed by atoms with E-state index in [1.807, 2.05) is 40.0 Å². The second kappa shape index (κ2) is 6.73. The van der Waals surface area contributed by atoms with Crippen molar-refractivity contribution in [1.29, 1.82) is 0 Å². The van der Waals surface area contributed by atoms with Crippen molar-refractivity contribution < 1.29 is 0 Å². The summed E-state index contributed by atoms with van der Waals surface area (Å²) in [6.45, 7) is 2.73. The highest BCUT2D eigenvalue weighted by Gasteiger charge is 2.36. The zero-order valence-corrected chi connectivity index (χ0v) is 14.5. The molecule has 3 aromatic heterocycles. The van der Waals surface area contributed by atoms with Gasteiger partial charge in [-0.15, -0.1) is 5.10 Å². The molecule has 2 atom stereocenters. The molecule has 8 heteroatoms. The van der Waals surface area contributed by atoms with Crippen LogP contribution in [0.5, 0.6) is 0 Å². The van der Waals surface area contributed by atoms with E-state index >= 15 is 0 Å². The molecule has 25 heavy (non-hydrogen) atoms. The fourth-order valence-electron chi connectivity index (χ4n) is 3.50. The van der Waals surface area contributed by atoms with Crippen LogP contribution in [0.3, 0.4) is 0 Å². The summed E-state index contributed by atoms with van der Waals surface area (Å²) < 4.78 is 3.88. The monoisotopic (exact) mass is 338 g/mol. The number of rotatable bonds is 5. The van der Waals surface area contributed by atoms with E-state index < -0.39 is 0 Å². The van der Waals surface area contributed by atoms with Crippen molar-refractivity contribution in [2.24, 2.45) is 0 Å². The van der Waals surface area contributed by atoms with Crippen molar-refractivity contribution in [3.63, 3.8) is 0 Å². The first kappa shape index (κ1) is 15.9. The van der Waals surface area contributed by atoms with E-state index in [2.05, 4.69) is 50.4 Å². The summed E-state index contributed by atoms with van der Waals surface area (Å²) in [6, 6.07) is 8.62. The van der Waals surface area contributed by atoms with Gasteiger partial charge in [0.15, 0.2) is 5.82 Å². The van der Waals surface area contributed by atoms with Crippen LogP contribution >= 0.6 is 0 Å². The average molecular weight is 338 g/mol. The van der Waals surface area contributed by atoms with Gasteiger partial charge < -0.3 is 4.90 Å². The lowest BCUT2D eigenvalue weighted by Crippen LogP contribution is -2.36. The molecule has 0 amide bonds. The van der Waals surface area contributed by atoms with Gasteiger partial charge in [-0.1, -0.05) is 11.3 Å². The van der Waals surface area contributed by atoms with Crippen molar-refractivity contribution in [3.05, 3.63) is 54.7 Å². The first-order valence-electron chi connectivity index (χ1n) is 8.41. The lowest BCUT2D eigenvalue weighted by Gasteiger charge is -2.24. The van der Waals surface area contributed by atoms with Crippen LogP contribution in [-0.2, 0) is 6.54 Å². The number of likely N-dealkylation sites (tertiary alicyclic amines) is 1. The van der Waals surface area contributed by atoms with Gasteiger partial charge in [-0.05, 0) is 32.3 Å². The molecule has 0 saturated carbocycles. The second-order valence-electron chi connectivity index (χ2n) is 6.60. The van der Waals surface area contributed by atoms with Gasteiger partial charge in [0.2, 0.25) is 0 Å². The van der Waals surface area contributed by atoms with Crippen LogP contribution in [0, 0.1) is 0 Å². The molecule has 0 bridgehead atoms. The molecular weight excluding hydrogens is 316 g/mol. The Hall–Kier alpha value is -2.58. The molecule has 130 valence electrons. The quantitative estimate of drug-likeness (QED) is 0.687. The Morgan fingerprint density at radius 1 is 1.12 bits per heavy atom. The van der Waals surface area contributed by atoms with Crippen LogP contribution in [0.1, 0.15) is 11.7 Å². The van der Waals surface area contributed by atoms with Crippen molar-refractivity contribution >= 4 is 0 Å². The van der Waals surface area contributed by atoms with Gasteiger partial charge in [0.25, 0.3) is 0 Å². The zero-order chi connectivity index (χ0) is 17.2. The molecule has 0 radical (unpaired) electrons. The normalized spacial score (nSPS) is 21.2. The van der Waals surface area contributed by atoms with Gasteiger partial charge in [-0.2, -0.15) is 5.10 Å². The number of hydrogen-bond donors (Lipinski definition) is 0. The molecule has 0 aromatic carbocycles. The Morgan fingerprint density at radius 3 is 2.76 bits per heavy atom. The molecule has 8 nitrogen and oxygen atoms in total. The number of nitrogens with zero attached hydrogens (tertiary/aromatic N) is 8. The van der Waals surface area contributed by atoms with Crippen LogP contribution in [-0.4, -0.2) is 72.8 Å². The number of hydrogen-bond acceptors (Lipinski definition) is 6. The van der Waals surface area contributed by atoms with E-state index in [0.29, 0.717) is 12.1 Å². The summed E-state index contributed by atoms with van der Waals surface area (Å²) in [4.78, 5) is 9.11. The fourth-order valence-corrected chi connectivity index (χ4v) is 3.50. The third kappa shape index (κ3) is 3.18. The summed E-state index contributed by atoms with van der Waals surface area (Å²) in [6.07, 6.45) is 7.31. The van der Waals surface area contributed by atoms with Crippen molar-refractivity contribution in [2.75, 3.05) is 27.2 Å². The van der Waals surface area contributed by atoms with Gasteiger partial charge in [-0.3, -0.25) is 4.90 Å². The summed E-state index contributed by atoms with van der Waals surface area (Å²) in [7, 11) is 4.24. The van der Waals surface area contributed by atoms with Crippen molar-refractivity contribution in [2.45, 2.75) is 18.6 Å². The average Bonchev–Trinajstić information content (AvgIpc) is 3.36. The highest BCUT2D eigenvalue weighted by Crippen LogP contribution is 2.26. The predicted octanol–water partition coefficient (Wildman–Crippen LogP) is 0.846. The van der Waals surface area contributed by atoms with Crippen LogP contribution in [0.4, 0.5) is 0 Å². The third-order valence-corrected chi connectivity index (χ3v) is 4.75. The predicted molar refractivity (Wildman–Crippen MR) is 93.2 cm³/mol. The van der Waals surface area contributed by atoms with Gasteiger partial charge in [0, 0.05) is 44.3 Å². The molecule has 4 rings (SSSR count). The van der Waals surface area contributed by atoms with Gasteiger partial charge in [0.1, 0.15) is 0 Å². The van der Waals surface area contributed by atoms with Crippen LogP contribution < -0.4 is 0 Å². The molecule has 3 aromatic rings. The topological polar surface area (TPSA) is 67.9 Å². The number of likely N-dealkylation sites (N-methyl/N-ethyl adjacent to an activating group) is 1. The van der Waals surface area contributed by atoms with Crippen LogP contribution in [0.25, 0.3) is 5.82 Å². The Bertz CT molecular complexity index is 795. The van der Waals surface area contributed by atoms with E-state index in [-0.39, 0.29) is 0 Å². The standard InChI is InChI=1S/C17H22N8/c1-22(2)15-12-23(13-16(15)24-10-9-19-21-24)11-14-6-8-20-25(14)17-5-3-4-7-18-17/h3-10,15-16H,11-13H2,1-2H3/t15-,16+/m1/s1. The maximum Gasteiger partial charge on any atom is 0.153 e. The van der Waals surface area contributed by atoms with Gasteiger partial charge in [0.05, 0.1) is 17.9 Å².